The second kappa shape index (κ2) is 9.19. The van der Waals surface area contributed by atoms with Gasteiger partial charge in [0.25, 0.3) is 0 Å². The number of piperidine rings is 1. The van der Waals surface area contributed by atoms with Crippen LogP contribution >= 0.6 is 0 Å². The van der Waals surface area contributed by atoms with Crippen LogP contribution in [0.1, 0.15) is 55.5 Å². The van der Waals surface area contributed by atoms with Crippen molar-refractivity contribution in [3.63, 3.8) is 0 Å². The molecule has 0 atom stereocenters. The van der Waals surface area contributed by atoms with Gasteiger partial charge in [-0.3, -0.25) is 0 Å². The predicted octanol–water partition coefficient (Wildman–Crippen LogP) is 4.04. The van der Waals surface area contributed by atoms with Crippen LogP contribution in [0.4, 0.5) is 5.82 Å². The molecule has 0 radical (unpaired) electrons. The molecule has 0 amide bonds. The number of anilines is 1. The van der Waals surface area contributed by atoms with Gasteiger partial charge in [-0.25, -0.2) is 18.4 Å². The average Bonchev–Trinajstić information content (AvgIpc) is 3.30. The van der Waals surface area contributed by atoms with Crippen molar-refractivity contribution in [1.29, 1.82) is 5.26 Å². The summed E-state index contributed by atoms with van der Waals surface area (Å²) in [6.07, 6.45) is 4.21. The second-order valence-corrected chi connectivity index (χ2v) is 10.4. The van der Waals surface area contributed by atoms with Gasteiger partial charge in [-0.05, 0) is 43.0 Å². The third-order valence-corrected chi connectivity index (χ3v) is 6.83. The third kappa shape index (κ3) is 4.98. The van der Waals surface area contributed by atoms with Gasteiger partial charge in [0.2, 0.25) is 5.88 Å². The van der Waals surface area contributed by atoms with Crippen LogP contribution < -0.4 is 9.64 Å². The molecule has 1 fully saturated rings. The molecule has 33 heavy (non-hydrogen) atoms. The first-order valence-corrected chi connectivity index (χ1v) is 12.6. The van der Waals surface area contributed by atoms with Crippen molar-refractivity contribution in [2.45, 2.75) is 43.4 Å². The maximum Gasteiger partial charge on any atom is 0.242 e. The highest BCUT2D eigenvalue weighted by molar-refractivity contribution is 7.90. The van der Waals surface area contributed by atoms with Crippen molar-refractivity contribution in [3.8, 4) is 17.7 Å². The lowest BCUT2D eigenvalue weighted by atomic mass is 9.93. The van der Waals surface area contributed by atoms with Gasteiger partial charge in [0.15, 0.2) is 21.2 Å². The molecule has 10 heteroatoms. The summed E-state index contributed by atoms with van der Waals surface area (Å²) in [5.74, 6) is 2.54. The lowest BCUT2D eigenvalue weighted by molar-refractivity contribution is 0.331. The van der Waals surface area contributed by atoms with E-state index >= 15 is 0 Å². The van der Waals surface area contributed by atoms with Gasteiger partial charge in [0.05, 0.1) is 10.6 Å². The zero-order valence-corrected chi connectivity index (χ0v) is 19.5. The maximum atomic E-state index is 11.6. The van der Waals surface area contributed by atoms with Crippen molar-refractivity contribution >= 4 is 15.7 Å². The van der Waals surface area contributed by atoms with Crippen LogP contribution in [0.2, 0.25) is 0 Å². The van der Waals surface area contributed by atoms with E-state index in [1.54, 1.807) is 0 Å². The summed E-state index contributed by atoms with van der Waals surface area (Å²) in [5, 5.41) is 14.0. The van der Waals surface area contributed by atoms with E-state index in [2.05, 4.69) is 39.9 Å². The average molecular weight is 468 g/mol. The Bertz CT molecular complexity index is 1270. The summed E-state index contributed by atoms with van der Waals surface area (Å²) in [4.78, 5) is 10.7. The zero-order chi connectivity index (χ0) is 23.6. The molecule has 1 aromatic carbocycles. The van der Waals surface area contributed by atoms with Gasteiger partial charge in [0, 0.05) is 31.3 Å². The van der Waals surface area contributed by atoms with Crippen molar-refractivity contribution in [2.75, 3.05) is 24.2 Å². The standard InChI is InChI=1S/C23H25N5O4S/c1-15(2)20-12-21(32-27-20)16-8-10-28(11-9-16)22-19(13-24)23(26-14-25-22)31-17-4-6-18(7-5-17)33(3,29)30/h4-7,12,14-16H,8-11H2,1-3H3. The number of ether oxygens (including phenoxy) is 1. The van der Waals surface area contributed by atoms with E-state index in [-0.39, 0.29) is 22.3 Å². The Morgan fingerprint density at radius 1 is 1.18 bits per heavy atom. The van der Waals surface area contributed by atoms with E-state index in [9.17, 15) is 13.7 Å². The fourth-order valence-electron chi connectivity index (χ4n) is 3.79. The molecule has 3 heterocycles. The molecule has 3 aromatic rings. The molecule has 2 aromatic heterocycles. The minimum absolute atomic E-state index is 0.133. The number of aromatic nitrogens is 3. The molecule has 4 rings (SSSR count). The molecule has 172 valence electrons. The van der Waals surface area contributed by atoms with Crippen LogP contribution in [0, 0.1) is 11.3 Å². The van der Waals surface area contributed by atoms with Crippen LogP contribution in [0.15, 0.2) is 46.1 Å². The molecule has 1 saturated heterocycles. The van der Waals surface area contributed by atoms with Gasteiger partial charge in [-0.2, -0.15) is 5.26 Å². The Morgan fingerprint density at radius 2 is 1.88 bits per heavy atom. The molecular formula is C23H25N5O4S. The highest BCUT2D eigenvalue weighted by Gasteiger charge is 2.27. The molecule has 1 aliphatic rings. The lowest BCUT2D eigenvalue weighted by Gasteiger charge is -2.32. The molecular weight excluding hydrogens is 442 g/mol. The number of benzene rings is 1. The van der Waals surface area contributed by atoms with Crippen molar-refractivity contribution in [2.24, 2.45) is 0 Å². The molecule has 0 N–H and O–H groups in total. The highest BCUT2D eigenvalue weighted by atomic mass is 32.2. The molecule has 0 aliphatic carbocycles. The fourth-order valence-corrected chi connectivity index (χ4v) is 4.42. The molecule has 0 saturated carbocycles. The van der Waals surface area contributed by atoms with Crippen LogP contribution in [0.3, 0.4) is 0 Å². The van der Waals surface area contributed by atoms with Crippen molar-refractivity contribution in [3.05, 3.63) is 53.7 Å². The Morgan fingerprint density at radius 3 is 2.45 bits per heavy atom. The summed E-state index contributed by atoms with van der Waals surface area (Å²) < 4.78 is 34.7. The van der Waals surface area contributed by atoms with Crippen LogP contribution in [0.25, 0.3) is 0 Å². The van der Waals surface area contributed by atoms with Gasteiger partial charge in [-0.1, -0.05) is 19.0 Å². The van der Waals surface area contributed by atoms with Crippen LogP contribution in [-0.4, -0.2) is 42.9 Å². The molecule has 9 nitrogen and oxygen atoms in total. The van der Waals surface area contributed by atoms with E-state index in [4.69, 9.17) is 9.26 Å². The van der Waals surface area contributed by atoms with Gasteiger partial charge < -0.3 is 14.2 Å². The minimum Gasteiger partial charge on any atom is -0.437 e. The Hall–Kier alpha value is -3.45. The summed E-state index contributed by atoms with van der Waals surface area (Å²) in [6.45, 7) is 5.58. The second-order valence-electron chi connectivity index (χ2n) is 8.41. The summed E-state index contributed by atoms with van der Waals surface area (Å²) in [5.41, 5.74) is 1.20. The summed E-state index contributed by atoms with van der Waals surface area (Å²) in [6, 6.07) is 10.2. The minimum atomic E-state index is -3.31. The molecule has 0 bridgehead atoms. The maximum absolute atomic E-state index is 11.6. The number of hydrogen-bond acceptors (Lipinski definition) is 9. The molecule has 0 unspecified atom stereocenters. The molecule has 1 aliphatic heterocycles. The topological polar surface area (TPSA) is 122 Å². The lowest BCUT2D eigenvalue weighted by Crippen LogP contribution is -2.34. The van der Waals surface area contributed by atoms with E-state index in [0.717, 1.165) is 30.6 Å². The first-order valence-electron chi connectivity index (χ1n) is 10.7. The Kier molecular flexibility index (Phi) is 6.33. The van der Waals surface area contributed by atoms with E-state index in [1.165, 1.54) is 30.6 Å². The van der Waals surface area contributed by atoms with Gasteiger partial charge in [-0.15, -0.1) is 0 Å². The Labute approximate surface area is 192 Å². The SMILES string of the molecule is CC(C)c1cc(C2CCN(c3ncnc(Oc4ccc(S(C)(=O)=O)cc4)c3C#N)CC2)on1. The quantitative estimate of drug-likeness (QED) is 0.528. The summed E-state index contributed by atoms with van der Waals surface area (Å²) in [7, 11) is -3.31. The normalized spacial score (nSPS) is 14.9. The summed E-state index contributed by atoms with van der Waals surface area (Å²) >= 11 is 0. The van der Waals surface area contributed by atoms with E-state index < -0.39 is 9.84 Å². The van der Waals surface area contributed by atoms with E-state index in [1.807, 2.05) is 6.07 Å². The molecule has 0 spiro atoms. The first-order chi connectivity index (χ1) is 15.8. The predicted molar refractivity (Wildman–Crippen MR) is 121 cm³/mol. The number of sulfone groups is 1. The first kappa shape index (κ1) is 22.7. The highest BCUT2D eigenvalue weighted by Crippen LogP contribution is 2.34. The zero-order valence-electron chi connectivity index (χ0n) is 18.7. The Balaban J connectivity index is 1.49. The van der Waals surface area contributed by atoms with Gasteiger partial charge in [0.1, 0.15) is 23.9 Å². The third-order valence-electron chi connectivity index (χ3n) is 5.71. The number of nitriles is 1. The van der Waals surface area contributed by atoms with Crippen LogP contribution in [-0.2, 0) is 9.84 Å². The van der Waals surface area contributed by atoms with Crippen molar-refractivity contribution < 1.29 is 17.7 Å². The van der Waals surface area contributed by atoms with E-state index in [0.29, 0.717) is 30.6 Å². The number of nitrogens with zero attached hydrogens (tertiary/aromatic N) is 5. The number of rotatable bonds is 6. The fraction of sp³-hybridized carbons (Fsp3) is 0.391. The van der Waals surface area contributed by atoms with Crippen molar-refractivity contribution in [1.82, 2.24) is 15.1 Å². The smallest absolute Gasteiger partial charge is 0.242 e. The number of hydrogen-bond donors (Lipinski definition) is 0. The van der Waals surface area contributed by atoms with Crippen LogP contribution in [0.5, 0.6) is 11.6 Å². The van der Waals surface area contributed by atoms with Gasteiger partial charge >= 0.3 is 0 Å². The largest absolute Gasteiger partial charge is 0.437 e. The monoisotopic (exact) mass is 467 g/mol.